The van der Waals surface area contributed by atoms with Crippen LogP contribution in [0.3, 0.4) is 0 Å². The van der Waals surface area contributed by atoms with E-state index in [1.165, 1.54) is 11.8 Å². The van der Waals surface area contributed by atoms with Crippen molar-refractivity contribution in [1.29, 1.82) is 0 Å². The summed E-state index contributed by atoms with van der Waals surface area (Å²) >= 11 is 0. The predicted octanol–water partition coefficient (Wildman–Crippen LogP) is 1.03. The lowest BCUT2D eigenvalue weighted by molar-refractivity contribution is 0.0484. The van der Waals surface area contributed by atoms with Crippen molar-refractivity contribution in [1.82, 2.24) is 0 Å². The second-order valence-electron chi connectivity index (χ2n) is 4.23. The Kier molecular flexibility index (Phi) is 4.02. The summed E-state index contributed by atoms with van der Waals surface area (Å²) in [5.74, 6) is 0. The number of hydrogen-bond acceptors (Lipinski definition) is 4. The van der Waals surface area contributed by atoms with Gasteiger partial charge < -0.3 is 21.9 Å². The molecular formula is C14H19N3O. The van der Waals surface area contributed by atoms with Crippen molar-refractivity contribution in [2.24, 2.45) is 17.2 Å². The van der Waals surface area contributed by atoms with Crippen LogP contribution < -0.4 is 17.2 Å². The molecule has 0 aromatic heterocycles. The van der Waals surface area contributed by atoms with E-state index in [1.807, 2.05) is 18.2 Å². The minimum absolute atomic E-state index is 0.0217. The zero-order chi connectivity index (χ0) is 13.0. The van der Waals surface area contributed by atoms with Gasteiger partial charge in [0.05, 0.1) is 12.7 Å². The summed E-state index contributed by atoms with van der Waals surface area (Å²) < 4.78 is 5.65. The summed E-state index contributed by atoms with van der Waals surface area (Å²) in [4.78, 5) is 0. The van der Waals surface area contributed by atoms with Crippen molar-refractivity contribution < 1.29 is 4.74 Å². The fourth-order valence-corrected chi connectivity index (χ4v) is 2.29. The standard InChI is InChI=1S/C14H19N3O/c15-7-2-5-13(17)11-3-1-4-12-10(11)6-8-18-14(12)9-16/h1-5,7,14H,6,8-9,15-17H2/b7-2-,13-5-. The number of fused-ring (bicyclic) bond motifs is 1. The van der Waals surface area contributed by atoms with Gasteiger partial charge >= 0.3 is 0 Å². The molecule has 1 heterocycles. The van der Waals surface area contributed by atoms with Gasteiger partial charge in [0.15, 0.2) is 0 Å². The molecule has 0 fully saturated rings. The Bertz CT molecular complexity index is 480. The van der Waals surface area contributed by atoms with E-state index >= 15 is 0 Å². The van der Waals surface area contributed by atoms with Crippen molar-refractivity contribution in [2.75, 3.05) is 13.2 Å². The lowest BCUT2D eigenvalue weighted by Crippen LogP contribution is -2.24. The van der Waals surface area contributed by atoms with Crippen LogP contribution in [-0.4, -0.2) is 13.2 Å². The molecule has 0 bridgehead atoms. The van der Waals surface area contributed by atoms with Crippen molar-refractivity contribution in [3.8, 4) is 0 Å². The van der Waals surface area contributed by atoms with Crippen LogP contribution in [0, 0.1) is 0 Å². The molecule has 18 heavy (non-hydrogen) atoms. The van der Waals surface area contributed by atoms with Gasteiger partial charge in [-0.2, -0.15) is 0 Å². The van der Waals surface area contributed by atoms with E-state index in [-0.39, 0.29) is 6.10 Å². The molecular weight excluding hydrogens is 226 g/mol. The molecule has 0 aliphatic carbocycles. The maximum Gasteiger partial charge on any atom is 0.0950 e. The summed E-state index contributed by atoms with van der Waals surface area (Å²) in [6, 6.07) is 6.06. The molecule has 0 radical (unpaired) electrons. The maximum absolute atomic E-state index is 6.07. The fourth-order valence-electron chi connectivity index (χ4n) is 2.29. The fraction of sp³-hybridized carbons (Fsp3) is 0.286. The van der Waals surface area contributed by atoms with Gasteiger partial charge in [0, 0.05) is 17.8 Å². The van der Waals surface area contributed by atoms with Crippen LogP contribution in [0.4, 0.5) is 0 Å². The van der Waals surface area contributed by atoms with E-state index in [4.69, 9.17) is 21.9 Å². The van der Waals surface area contributed by atoms with Gasteiger partial charge in [-0.1, -0.05) is 18.2 Å². The van der Waals surface area contributed by atoms with Gasteiger partial charge in [0.2, 0.25) is 0 Å². The molecule has 2 rings (SSSR count). The smallest absolute Gasteiger partial charge is 0.0950 e. The van der Waals surface area contributed by atoms with Gasteiger partial charge in [0.1, 0.15) is 0 Å². The third-order valence-electron chi connectivity index (χ3n) is 3.14. The Balaban J connectivity index is 2.44. The van der Waals surface area contributed by atoms with Gasteiger partial charge in [0.25, 0.3) is 0 Å². The number of ether oxygens (including phenoxy) is 1. The Hall–Kier alpha value is -1.78. The highest BCUT2D eigenvalue weighted by molar-refractivity contribution is 5.68. The third-order valence-corrected chi connectivity index (χ3v) is 3.14. The van der Waals surface area contributed by atoms with Crippen molar-refractivity contribution >= 4 is 5.70 Å². The minimum Gasteiger partial charge on any atom is -0.405 e. The van der Waals surface area contributed by atoms with Crippen molar-refractivity contribution in [3.05, 3.63) is 53.2 Å². The first-order chi connectivity index (χ1) is 8.77. The molecule has 0 saturated carbocycles. The van der Waals surface area contributed by atoms with Crippen LogP contribution in [-0.2, 0) is 11.2 Å². The second kappa shape index (κ2) is 5.71. The minimum atomic E-state index is -0.0217. The summed E-state index contributed by atoms with van der Waals surface area (Å²) in [7, 11) is 0. The number of nitrogens with two attached hydrogens (primary N) is 3. The SMILES string of the molecule is N/C=C\C=C(/N)c1cccc2c1CCOC2CN. The van der Waals surface area contributed by atoms with E-state index < -0.39 is 0 Å². The molecule has 4 nitrogen and oxygen atoms in total. The molecule has 1 aromatic carbocycles. The molecule has 0 saturated heterocycles. The number of allylic oxidation sites excluding steroid dienone is 2. The molecule has 0 amide bonds. The van der Waals surface area contributed by atoms with Crippen LogP contribution >= 0.6 is 0 Å². The van der Waals surface area contributed by atoms with Gasteiger partial charge in [-0.15, -0.1) is 0 Å². The maximum atomic E-state index is 6.07. The lowest BCUT2D eigenvalue weighted by Gasteiger charge is -2.27. The highest BCUT2D eigenvalue weighted by Crippen LogP contribution is 2.30. The highest BCUT2D eigenvalue weighted by atomic mass is 16.5. The summed E-state index contributed by atoms with van der Waals surface area (Å²) in [5.41, 5.74) is 21.3. The second-order valence-corrected chi connectivity index (χ2v) is 4.23. The van der Waals surface area contributed by atoms with Crippen LogP contribution in [0.15, 0.2) is 36.6 Å². The average Bonchev–Trinajstić information content (AvgIpc) is 2.43. The molecule has 1 unspecified atom stereocenters. The third kappa shape index (κ3) is 2.39. The number of rotatable bonds is 3. The Morgan fingerprint density at radius 3 is 3.00 bits per heavy atom. The number of hydrogen-bond donors (Lipinski definition) is 3. The van der Waals surface area contributed by atoms with E-state index in [0.29, 0.717) is 18.8 Å². The van der Waals surface area contributed by atoms with E-state index in [9.17, 15) is 0 Å². The lowest BCUT2D eigenvalue weighted by atomic mass is 9.91. The average molecular weight is 245 g/mol. The molecule has 1 aliphatic rings. The van der Waals surface area contributed by atoms with E-state index in [1.54, 1.807) is 6.08 Å². The zero-order valence-electron chi connectivity index (χ0n) is 10.3. The Morgan fingerprint density at radius 1 is 1.44 bits per heavy atom. The normalized spacial score (nSPS) is 20.1. The van der Waals surface area contributed by atoms with Crippen molar-refractivity contribution in [3.63, 3.8) is 0 Å². The molecule has 4 heteroatoms. The van der Waals surface area contributed by atoms with Crippen LogP contribution in [0.25, 0.3) is 5.70 Å². The summed E-state index contributed by atoms with van der Waals surface area (Å²) in [6.07, 6.45) is 5.85. The quantitative estimate of drug-likeness (QED) is 0.694. The number of benzene rings is 1. The Labute approximate surface area is 107 Å². The summed E-state index contributed by atoms with van der Waals surface area (Å²) in [6.45, 7) is 1.18. The molecule has 1 aromatic rings. The first kappa shape index (κ1) is 12.7. The van der Waals surface area contributed by atoms with Gasteiger partial charge in [-0.25, -0.2) is 0 Å². The monoisotopic (exact) mass is 245 g/mol. The topological polar surface area (TPSA) is 87.3 Å². The van der Waals surface area contributed by atoms with Gasteiger partial charge in [-0.05, 0) is 35.9 Å². The van der Waals surface area contributed by atoms with E-state index in [2.05, 4.69) is 6.07 Å². The van der Waals surface area contributed by atoms with Gasteiger partial charge in [-0.3, -0.25) is 0 Å². The summed E-state index contributed by atoms with van der Waals surface area (Å²) in [5, 5.41) is 0. The zero-order valence-corrected chi connectivity index (χ0v) is 10.3. The largest absolute Gasteiger partial charge is 0.405 e. The molecule has 6 N–H and O–H groups in total. The predicted molar refractivity (Wildman–Crippen MR) is 73.4 cm³/mol. The molecule has 96 valence electrons. The van der Waals surface area contributed by atoms with E-state index in [0.717, 1.165) is 17.5 Å². The van der Waals surface area contributed by atoms with Crippen molar-refractivity contribution in [2.45, 2.75) is 12.5 Å². The molecule has 0 spiro atoms. The first-order valence-electron chi connectivity index (χ1n) is 6.05. The Morgan fingerprint density at radius 2 is 2.28 bits per heavy atom. The molecule has 1 aliphatic heterocycles. The molecule has 1 atom stereocenters. The van der Waals surface area contributed by atoms with Crippen LogP contribution in [0.5, 0.6) is 0 Å². The van der Waals surface area contributed by atoms with Crippen LogP contribution in [0.1, 0.15) is 22.8 Å². The highest BCUT2D eigenvalue weighted by Gasteiger charge is 2.21. The first-order valence-corrected chi connectivity index (χ1v) is 6.05. The van der Waals surface area contributed by atoms with Crippen LogP contribution in [0.2, 0.25) is 0 Å².